The summed E-state index contributed by atoms with van der Waals surface area (Å²) in [5.74, 6) is -1.35. The van der Waals surface area contributed by atoms with Crippen LogP contribution in [-0.4, -0.2) is 27.7 Å². The van der Waals surface area contributed by atoms with E-state index in [4.69, 9.17) is 16.3 Å². The molecule has 3 aromatic rings. The van der Waals surface area contributed by atoms with E-state index in [1.165, 1.54) is 11.7 Å². The molecule has 1 atom stereocenters. The van der Waals surface area contributed by atoms with E-state index in [2.05, 4.69) is 4.98 Å². The maximum atomic E-state index is 13.3. The molecule has 0 aliphatic heterocycles. The first-order valence-electron chi connectivity index (χ1n) is 9.20. The number of aromatic hydroxyl groups is 1. The van der Waals surface area contributed by atoms with Gasteiger partial charge in [0.2, 0.25) is 0 Å². The van der Waals surface area contributed by atoms with E-state index in [0.29, 0.717) is 28.5 Å². The summed E-state index contributed by atoms with van der Waals surface area (Å²) in [6.07, 6.45) is 0.601. The molecule has 0 bridgehead atoms. The van der Waals surface area contributed by atoms with Gasteiger partial charge in [0.05, 0.1) is 25.0 Å². The van der Waals surface area contributed by atoms with Gasteiger partial charge in [0.15, 0.2) is 5.56 Å². The summed E-state index contributed by atoms with van der Waals surface area (Å²) < 4.78 is 6.25. The first kappa shape index (κ1) is 19.2. The summed E-state index contributed by atoms with van der Waals surface area (Å²) >= 11 is 6.14. The minimum atomic E-state index is -0.867. The van der Waals surface area contributed by atoms with Gasteiger partial charge in [-0.15, -0.1) is 0 Å². The molecule has 1 aliphatic rings. The lowest BCUT2D eigenvalue weighted by atomic mass is 9.83. The minimum Gasteiger partial charge on any atom is -0.506 e. The first-order chi connectivity index (χ1) is 13.9. The zero-order valence-corrected chi connectivity index (χ0v) is 16.7. The summed E-state index contributed by atoms with van der Waals surface area (Å²) in [6.45, 7) is 2.15. The van der Waals surface area contributed by atoms with E-state index in [-0.39, 0.29) is 23.8 Å². The zero-order valence-electron chi connectivity index (χ0n) is 16.0. The van der Waals surface area contributed by atoms with E-state index < -0.39 is 11.5 Å². The van der Waals surface area contributed by atoms with E-state index in [1.807, 2.05) is 43.3 Å². The van der Waals surface area contributed by atoms with Crippen molar-refractivity contribution in [2.75, 3.05) is 7.11 Å². The molecule has 2 heterocycles. The van der Waals surface area contributed by atoms with Crippen LogP contribution in [0.15, 0.2) is 47.3 Å². The number of hydrogen-bond donors (Lipinski definition) is 1. The van der Waals surface area contributed by atoms with E-state index in [9.17, 15) is 14.7 Å². The Balaban J connectivity index is 2.09. The van der Waals surface area contributed by atoms with Gasteiger partial charge in [-0.3, -0.25) is 4.79 Å². The molecule has 7 heteroatoms. The number of ether oxygens (including phenoxy) is 1. The number of benzene rings is 1. The van der Waals surface area contributed by atoms with Crippen molar-refractivity contribution in [3.05, 3.63) is 80.2 Å². The Bertz CT molecular complexity index is 1170. The van der Waals surface area contributed by atoms with Gasteiger partial charge in [-0.05, 0) is 29.5 Å². The molecular weight excluding hydrogens is 392 g/mol. The van der Waals surface area contributed by atoms with Crippen LogP contribution in [0, 0.1) is 0 Å². The van der Waals surface area contributed by atoms with Crippen LogP contribution < -0.4 is 5.56 Å². The number of halogens is 1. The standard InChI is InChI=1S/C22H19ClN2O4/c1-12-10-14-8-9-15(23)24-18(14)19-16(12)20(26)17(22(28)29-2)21(27)25(19)11-13-6-4-3-5-7-13/h3-9,12,26H,10-11H2,1-2H3. The lowest BCUT2D eigenvalue weighted by Crippen LogP contribution is -2.32. The largest absolute Gasteiger partial charge is 0.506 e. The minimum absolute atomic E-state index is 0.133. The monoisotopic (exact) mass is 410 g/mol. The summed E-state index contributed by atoms with van der Waals surface area (Å²) in [6, 6.07) is 13.0. The van der Waals surface area contributed by atoms with E-state index in [1.54, 1.807) is 6.07 Å². The molecule has 1 unspecified atom stereocenters. The molecule has 0 fully saturated rings. The number of methoxy groups -OCH3 is 1. The number of rotatable bonds is 3. The Morgan fingerprint density at radius 2 is 2.00 bits per heavy atom. The molecule has 0 amide bonds. The molecule has 1 aliphatic carbocycles. The van der Waals surface area contributed by atoms with Gasteiger partial charge in [0, 0.05) is 5.56 Å². The second kappa shape index (κ2) is 7.37. The van der Waals surface area contributed by atoms with Gasteiger partial charge in [0.25, 0.3) is 5.56 Å². The molecular formula is C22H19ClN2O4. The average molecular weight is 411 g/mol. The number of fused-ring (bicyclic) bond motifs is 3. The smallest absolute Gasteiger partial charge is 0.347 e. The third-order valence-corrected chi connectivity index (χ3v) is 5.45. The summed E-state index contributed by atoms with van der Waals surface area (Å²) in [7, 11) is 1.18. The quantitative estimate of drug-likeness (QED) is 0.525. The lowest BCUT2D eigenvalue weighted by Gasteiger charge is -2.29. The van der Waals surface area contributed by atoms with Crippen molar-refractivity contribution in [3.8, 4) is 17.1 Å². The Morgan fingerprint density at radius 1 is 1.28 bits per heavy atom. The maximum absolute atomic E-state index is 13.3. The van der Waals surface area contributed by atoms with Gasteiger partial charge in [-0.1, -0.05) is 54.9 Å². The van der Waals surface area contributed by atoms with Gasteiger partial charge in [0.1, 0.15) is 10.9 Å². The van der Waals surface area contributed by atoms with Crippen LogP contribution >= 0.6 is 11.6 Å². The highest BCUT2D eigenvalue weighted by Gasteiger charge is 2.34. The van der Waals surface area contributed by atoms with Crippen molar-refractivity contribution in [2.24, 2.45) is 0 Å². The molecule has 6 nitrogen and oxygen atoms in total. The van der Waals surface area contributed by atoms with Crippen molar-refractivity contribution < 1.29 is 14.6 Å². The van der Waals surface area contributed by atoms with Crippen LogP contribution in [0.3, 0.4) is 0 Å². The second-order valence-corrected chi connectivity index (χ2v) is 7.49. The number of hydrogen-bond acceptors (Lipinski definition) is 5. The maximum Gasteiger partial charge on any atom is 0.347 e. The van der Waals surface area contributed by atoms with Crippen LogP contribution in [0.2, 0.25) is 5.15 Å². The van der Waals surface area contributed by atoms with Gasteiger partial charge < -0.3 is 14.4 Å². The highest BCUT2D eigenvalue weighted by atomic mass is 35.5. The van der Waals surface area contributed by atoms with Crippen molar-refractivity contribution >= 4 is 17.6 Å². The summed E-state index contributed by atoms with van der Waals surface area (Å²) in [4.78, 5) is 30.1. The Labute approximate surface area is 172 Å². The van der Waals surface area contributed by atoms with Crippen molar-refractivity contribution in [2.45, 2.75) is 25.8 Å². The fourth-order valence-corrected chi connectivity index (χ4v) is 4.07. The van der Waals surface area contributed by atoms with Crippen LogP contribution in [0.25, 0.3) is 11.4 Å². The van der Waals surface area contributed by atoms with Crippen molar-refractivity contribution in [3.63, 3.8) is 0 Å². The second-order valence-electron chi connectivity index (χ2n) is 7.10. The highest BCUT2D eigenvalue weighted by molar-refractivity contribution is 6.29. The number of pyridine rings is 2. The third kappa shape index (κ3) is 3.19. The van der Waals surface area contributed by atoms with Crippen LogP contribution in [0.5, 0.6) is 5.75 Å². The van der Waals surface area contributed by atoms with Gasteiger partial charge in [-0.2, -0.15) is 0 Å². The molecule has 0 saturated carbocycles. The number of carbonyl (C=O) groups is 1. The van der Waals surface area contributed by atoms with E-state index in [0.717, 1.165) is 11.1 Å². The van der Waals surface area contributed by atoms with Gasteiger partial charge in [-0.25, -0.2) is 9.78 Å². The molecule has 1 aromatic carbocycles. The predicted molar refractivity (Wildman–Crippen MR) is 110 cm³/mol. The molecule has 0 radical (unpaired) electrons. The normalized spacial score (nSPS) is 14.8. The number of aromatic nitrogens is 2. The fraction of sp³-hybridized carbons (Fsp3) is 0.227. The topological polar surface area (TPSA) is 81.4 Å². The Morgan fingerprint density at radius 3 is 2.69 bits per heavy atom. The Kier molecular flexibility index (Phi) is 4.88. The molecule has 4 rings (SSSR count). The summed E-state index contributed by atoms with van der Waals surface area (Å²) in [5, 5.41) is 11.2. The zero-order chi connectivity index (χ0) is 20.7. The van der Waals surface area contributed by atoms with Crippen molar-refractivity contribution in [1.82, 2.24) is 9.55 Å². The summed E-state index contributed by atoms with van der Waals surface area (Å²) in [5.41, 5.74) is 2.35. The van der Waals surface area contributed by atoms with Gasteiger partial charge >= 0.3 is 5.97 Å². The van der Waals surface area contributed by atoms with Crippen LogP contribution in [-0.2, 0) is 17.7 Å². The SMILES string of the molecule is COC(=O)c1c(O)c2c(n(Cc3ccccc3)c1=O)-c1nc(Cl)ccc1CC2C. The first-order valence-corrected chi connectivity index (χ1v) is 9.57. The number of nitrogens with zero attached hydrogens (tertiary/aromatic N) is 2. The molecule has 148 valence electrons. The van der Waals surface area contributed by atoms with Crippen LogP contribution in [0.4, 0.5) is 0 Å². The molecule has 1 N–H and O–H groups in total. The lowest BCUT2D eigenvalue weighted by molar-refractivity contribution is 0.0594. The number of carbonyl (C=O) groups excluding carboxylic acids is 1. The van der Waals surface area contributed by atoms with Crippen molar-refractivity contribution in [1.29, 1.82) is 0 Å². The highest BCUT2D eigenvalue weighted by Crippen LogP contribution is 2.43. The average Bonchev–Trinajstić information content (AvgIpc) is 2.71. The predicted octanol–water partition coefficient (Wildman–Crippen LogP) is 3.76. The van der Waals surface area contributed by atoms with E-state index >= 15 is 0 Å². The molecule has 0 spiro atoms. The Hall–Kier alpha value is -3.12. The molecule has 2 aromatic heterocycles. The number of esters is 1. The molecule has 0 saturated heterocycles. The molecule has 29 heavy (non-hydrogen) atoms. The van der Waals surface area contributed by atoms with Crippen LogP contribution in [0.1, 0.15) is 39.9 Å². The third-order valence-electron chi connectivity index (χ3n) is 5.24. The fourth-order valence-electron chi connectivity index (χ4n) is 3.92.